The molecule has 128 valence electrons. The molecule has 2 aromatic carbocycles. The van der Waals surface area contributed by atoms with Gasteiger partial charge in [-0.2, -0.15) is 0 Å². The second-order valence-electron chi connectivity index (χ2n) is 5.59. The largest absolute Gasteiger partial charge is 0.328 e. The summed E-state index contributed by atoms with van der Waals surface area (Å²) < 4.78 is 0. The fourth-order valence-corrected chi connectivity index (χ4v) is 2.24. The molecule has 0 aliphatic rings. The molecule has 2 rings (SSSR count). The number of benzene rings is 2. The Morgan fingerprint density at radius 3 is 1.50 bits per heavy atom. The third-order valence-corrected chi connectivity index (χ3v) is 4.05. The number of fused-ring (bicyclic) bond motifs is 1. The van der Waals surface area contributed by atoms with E-state index in [1.54, 1.807) is 23.9 Å². The van der Waals surface area contributed by atoms with Gasteiger partial charge in [0.1, 0.15) is 0 Å². The van der Waals surface area contributed by atoms with E-state index in [1.165, 1.54) is 0 Å². The van der Waals surface area contributed by atoms with Crippen LogP contribution < -0.4 is 10.6 Å². The minimum atomic E-state index is -0.162. The maximum Gasteiger partial charge on any atom is 0.321 e. The first-order valence-electron chi connectivity index (χ1n) is 8.03. The molecular weight excluding hydrogens is 304 g/mol. The molecule has 24 heavy (non-hydrogen) atoms. The number of rotatable bonds is 4. The standard InChI is InChI=1S/C18H24N4O2/c1-5-21(3)17(23)19-15-11-7-10-14-13(15)9-8-12-16(14)20-18(24)22(4)6-2/h7-12H,5-6H2,1-4H3,(H,19,23)(H,20,24). The van der Waals surface area contributed by atoms with Crippen LogP contribution in [0, 0.1) is 0 Å². The minimum absolute atomic E-state index is 0.162. The highest BCUT2D eigenvalue weighted by atomic mass is 16.2. The summed E-state index contributed by atoms with van der Waals surface area (Å²) in [6, 6.07) is 11.0. The number of hydrogen-bond donors (Lipinski definition) is 2. The molecule has 0 aromatic heterocycles. The molecule has 0 radical (unpaired) electrons. The number of nitrogens with one attached hydrogen (secondary N) is 2. The van der Waals surface area contributed by atoms with E-state index in [9.17, 15) is 9.59 Å². The highest BCUT2D eigenvalue weighted by Gasteiger charge is 2.12. The zero-order valence-electron chi connectivity index (χ0n) is 14.6. The number of carbonyl (C=O) groups excluding carboxylic acids is 2. The van der Waals surface area contributed by atoms with E-state index in [1.807, 2.05) is 50.2 Å². The number of urea groups is 2. The van der Waals surface area contributed by atoms with E-state index in [-0.39, 0.29) is 12.1 Å². The summed E-state index contributed by atoms with van der Waals surface area (Å²) in [4.78, 5) is 27.4. The topological polar surface area (TPSA) is 64.7 Å². The van der Waals surface area contributed by atoms with Gasteiger partial charge in [0, 0.05) is 38.0 Å². The van der Waals surface area contributed by atoms with Gasteiger partial charge in [0.15, 0.2) is 0 Å². The predicted octanol–water partition coefficient (Wildman–Crippen LogP) is 3.81. The molecule has 6 nitrogen and oxygen atoms in total. The summed E-state index contributed by atoms with van der Waals surface area (Å²) in [5.74, 6) is 0. The van der Waals surface area contributed by atoms with Crippen LogP contribution in [0.2, 0.25) is 0 Å². The van der Waals surface area contributed by atoms with Crippen LogP contribution in [-0.2, 0) is 0 Å². The molecule has 0 atom stereocenters. The van der Waals surface area contributed by atoms with Crippen molar-refractivity contribution in [1.29, 1.82) is 0 Å². The van der Waals surface area contributed by atoms with Crippen LogP contribution in [0.3, 0.4) is 0 Å². The van der Waals surface area contributed by atoms with E-state index in [4.69, 9.17) is 0 Å². The first kappa shape index (κ1) is 17.6. The lowest BCUT2D eigenvalue weighted by Crippen LogP contribution is -2.31. The van der Waals surface area contributed by atoms with Gasteiger partial charge in [-0.25, -0.2) is 9.59 Å². The average Bonchev–Trinajstić information content (AvgIpc) is 2.60. The molecule has 0 aliphatic heterocycles. The van der Waals surface area contributed by atoms with Crippen molar-refractivity contribution < 1.29 is 9.59 Å². The summed E-state index contributed by atoms with van der Waals surface area (Å²) in [7, 11) is 3.49. The second-order valence-corrected chi connectivity index (χ2v) is 5.59. The van der Waals surface area contributed by atoms with Gasteiger partial charge in [-0.1, -0.05) is 24.3 Å². The van der Waals surface area contributed by atoms with Gasteiger partial charge in [-0.15, -0.1) is 0 Å². The van der Waals surface area contributed by atoms with Crippen LogP contribution in [0.5, 0.6) is 0 Å². The summed E-state index contributed by atoms with van der Waals surface area (Å²) in [6.45, 7) is 5.09. The summed E-state index contributed by atoms with van der Waals surface area (Å²) >= 11 is 0. The van der Waals surface area contributed by atoms with Crippen LogP contribution in [0.15, 0.2) is 36.4 Å². The lowest BCUT2D eigenvalue weighted by Gasteiger charge is -2.19. The Kier molecular flexibility index (Phi) is 5.63. The Hall–Kier alpha value is -2.76. The fraction of sp³-hybridized carbons (Fsp3) is 0.333. The minimum Gasteiger partial charge on any atom is -0.328 e. The van der Waals surface area contributed by atoms with Crippen LogP contribution in [0.25, 0.3) is 10.8 Å². The maximum absolute atomic E-state index is 12.1. The van der Waals surface area contributed by atoms with Crippen molar-refractivity contribution in [2.75, 3.05) is 37.8 Å². The molecule has 0 saturated carbocycles. The molecule has 0 saturated heterocycles. The number of carbonyl (C=O) groups is 2. The lowest BCUT2D eigenvalue weighted by atomic mass is 10.1. The molecule has 4 amide bonds. The SMILES string of the molecule is CCN(C)C(=O)Nc1cccc2c(NC(=O)N(C)CC)cccc12. The Morgan fingerprint density at radius 2 is 1.17 bits per heavy atom. The number of hydrogen-bond acceptors (Lipinski definition) is 2. The van der Waals surface area contributed by atoms with Crippen molar-refractivity contribution in [2.24, 2.45) is 0 Å². The van der Waals surface area contributed by atoms with Gasteiger partial charge in [0.2, 0.25) is 0 Å². The van der Waals surface area contributed by atoms with Gasteiger partial charge >= 0.3 is 12.1 Å². The molecule has 2 N–H and O–H groups in total. The highest BCUT2D eigenvalue weighted by molar-refractivity contribution is 6.08. The van der Waals surface area contributed by atoms with E-state index in [2.05, 4.69) is 10.6 Å². The molecule has 0 spiro atoms. The Labute approximate surface area is 142 Å². The lowest BCUT2D eigenvalue weighted by molar-refractivity contribution is 0.224. The fourth-order valence-electron chi connectivity index (χ4n) is 2.24. The highest BCUT2D eigenvalue weighted by Crippen LogP contribution is 2.29. The van der Waals surface area contributed by atoms with Crippen molar-refractivity contribution in [3.05, 3.63) is 36.4 Å². The van der Waals surface area contributed by atoms with Crippen LogP contribution >= 0.6 is 0 Å². The predicted molar refractivity (Wildman–Crippen MR) is 98.6 cm³/mol. The van der Waals surface area contributed by atoms with Gasteiger partial charge in [0.25, 0.3) is 0 Å². The molecule has 0 aliphatic carbocycles. The number of amides is 4. The Balaban J connectivity index is 2.35. The quantitative estimate of drug-likeness (QED) is 0.896. The molecule has 0 unspecified atom stereocenters. The monoisotopic (exact) mass is 328 g/mol. The van der Waals surface area contributed by atoms with Crippen molar-refractivity contribution >= 4 is 34.2 Å². The Bertz CT molecular complexity index is 682. The molecule has 2 aromatic rings. The van der Waals surface area contributed by atoms with E-state index < -0.39 is 0 Å². The van der Waals surface area contributed by atoms with Crippen molar-refractivity contribution in [3.8, 4) is 0 Å². The van der Waals surface area contributed by atoms with Crippen molar-refractivity contribution in [1.82, 2.24) is 9.80 Å². The molecular formula is C18H24N4O2. The number of anilines is 2. The van der Waals surface area contributed by atoms with Crippen LogP contribution in [-0.4, -0.2) is 49.0 Å². The van der Waals surface area contributed by atoms with Crippen LogP contribution in [0.4, 0.5) is 21.0 Å². The van der Waals surface area contributed by atoms with E-state index in [0.29, 0.717) is 13.1 Å². The van der Waals surface area contributed by atoms with Crippen molar-refractivity contribution in [2.45, 2.75) is 13.8 Å². The third kappa shape index (κ3) is 3.76. The second kappa shape index (κ2) is 7.68. The third-order valence-electron chi connectivity index (χ3n) is 4.05. The van der Waals surface area contributed by atoms with Crippen LogP contribution in [0.1, 0.15) is 13.8 Å². The summed E-state index contributed by atoms with van der Waals surface area (Å²) in [5.41, 5.74) is 1.44. The molecule has 0 heterocycles. The number of nitrogens with zero attached hydrogens (tertiary/aromatic N) is 2. The van der Waals surface area contributed by atoms with Crippen molar-refractivity contribution in [3.63, 3.8) is 0 Å². The first-order valence-corrected chi connectivity index (χ1v) is 8.03. The van der Waals surface area contributed by atoms with E-state index in [0.717, 1.165) is 22.1 Å². The average molecular weight is 328 g/mol. The normalized spacial score (nSPS) is 10.3. The van der Waals surface area contributed by atoms with Gasteiger partial charge in [-0.05, 0) is 26.0 Å². The summed E-state index contributed by atoms with van der Waals surface area (Å²) in [5, 5.41) is 7.59. The van der Waals surface area contributed by atoms with E-state index >= 15 is 0 Å². The maximum atomic E-state index is 12.1. The molecule has 0 bridgehead atoms. The van der Waals surface area contributed by atoms with Gasteiger partial charge < -0.3 is 20.4 Å². The summed E-state index contributed by atoms with van der Waals surface area (Å²) in [6.07, 6.45) is 0. The molecule has 6 heteroatoms. The zero-order valence-corrected chi connectivity index (χ0v) is 14.6. The Morgan fingerprint density at radius 1 is 0.792 bits per heavy atom. The molecule has 0 fully saturated rings. The van der Waals surface area contributed by atoms with Gasteiger partial charge in [0.05, 0.1) is 11.4 Å². The zero-order chi connectivity index (χ0) is 17.7. The smallest absolute Gasteiger partial charge is 0.321 e. The van der Waals surface area contributed by atoms with Gasteiger partial charge in [-0.3, -0.25) is 0 Å². The first-order chi connectivity index (χ1) is 11.5.